The van der Waals surface area contributed by atoms with Gasteiger partial charge in [-0.15, -0.1) is 0 Å². The molecule has 3 heteroatoms. The maximum absolute atomic E-state index is 11.5. The van der Waals surface area contributed by atoms with E-state index >= 15 is 0 Å². The van der Waals surface area contributed by atoms with E-state index in [4.69, 9.17) is 4.42 Å². The van der Waals surface area contributed by atoms with E-state index in [-0.39, 0.29) is 5.43 Å². The van der Waals surface area contributed by atoms with E-state index in [9.17, 15) is 4.79 Å². The molecule has 1 aromatic rings. The molecular weight excluding hydrogens is 178 g/mol. The van der Waals surface area contributed by atoms with Crippen LogP contribution < -0.4 is 5.43 Å². The third-order valence-electron chi connectivity index (χ3n) is 2.25. The van der Waals surface area contributed by atoms with Gasteiger partial charge in [0.05, 0.1) is 5.56 Å². The lowest BCUT2D eigenvalue weighted by Crippen LogP contribution is -2.04. The van der Waals surface area contributed by atoms with Crippen LogP contribution in [-0.4, -0.2) is 4.40 Å². The molecule has 3 rings (SSSR count). The maximum Gasteiger partial charge on any atom is 0.204 e. The first-order valence-electron chi connectivity index (χ1n) is 4.34. The van der Waals surface area contributed by atoms with Gasteiger partial charge in [0.15, 0.2) is 5.43 Å². The molecule has 1 aromatic heterocycles. The zero-order valence-electron chi connectivity index (χ0n) is 7.31. The number of benzene rings is 1. The molecule has 2 heterocycles. The van der Waals surface area contributed by atoms with Crippen molar-refractivity contribution >= 4 is 5.71 Å². The third-order valence-corrected chi connectivity index (χ3v) is 2.25. The van der Waals surface area contributed by atoms with Crippen LogP contribution in [0.15, 0.2) is 51.9 Å². The lowest BCUT2D eigenvalue weighted by molar-refractivity contribution is 0.591. The van der Waals surface area contributed by atoms with Crippen molar-refractivity contribution in [3.63, 3.8) is 0 Å². The molecule has 0 amide bonds. The monoisotopic (exact) mass is 185 g/mol. The van der Waals surface area contributed by atoms with Gasteiger partial charge in [0.25, 0.3) is 0 Å². The molecule has 0 fully saturated rings. The highest BCUT2D eigenvalue weighted by Gasteiger charge is 2.08. The molecule has 0 saturated heterocycles. The Hall–Kier alpha value is -2.03. The van der Waals surface area contributed by atoms with Crippen LogP contribution in [0, 0.1) is 0 Å². The minimum absolute atomic E-state index is 0.0122. The summed E-state index contributed by atoms with van der Waals surface area (Å²) in [6, 6.07) is 8.77. The lowest BCUT2D eigenvalue weighted by Gasteiger charge is -2.03. The molecule has 1 aliphatic heterocycles. The van der Waals surface area contributed by atoms with Gasteiger partial charge in [-0.3, -0.25) is 9.20 Å². The predicted octanol–water partition coefficient (Wildman–Crippen LogP) is 2.00. The molecule has 0 unspecified atom stereocenters. The fourth-order valence-electron chi connectivity index (χ4n) is 1.56. The van der Waals surface area contributed by atoms with Crippen molar-refractivity contribution in [1.29, 1.82) is 0 Å². The molecule has 0 spiro atoms. The number of fused-ring (bicyclic) bond motifs is 2. The summed E-state index contributed by atoms with van der Waals surface area (Å²) in [5.74, 6) is 0.628. The van der Waals surface area contributed by atoms with Gasteiger partial charge in [0.2, 0.25) is 5.71 Å². The van der Waals surface area contributed by atoms with Crippen LogP contribution in [0.2, 0.25) is 0 Å². The zero-order valence-corrected chi connectivity index (χ0v) is 7.31. The molecule has 0 radical (unpaired) electrons. The maximum atomic E-state index is 11.5. The summed E-state index contributed by atoms with van der Waals surface area (Å²) in [5, 5.41) is 0. The average molecular weight is 185 g/mol. The molecule has 0 atom stereocenters. The lowest BCUT2D eigenvalue weighted by atomic mass is 10.2. The predicted molar refractivity (Wildman–Crippen MR) is 52.6 cm³/mol. The van der Waals surface area contributed by atoms with Gasteiger partial charge in [-0.05, 0) is 18.2 Å². The number of aromatic nitrogens is 1. The Balaban J connectivity index is 2.58. The Morgan fingerprint density at radius 2 is 2.07 bits per heavy atom. The summed E-state index contributed by atoms with van der Waals surface area (Å²) in [6.45, 7) is 0. The molecule has 3 nitrogen and oxygen atoms in total. The molecule has 0 aromatic carbocycles. The van der Waals surface area contributed by atoms with Crippen LogP contribution in [0.4, 0.5) is 0 Å². The summed E-state index contributed by atoms with van der Waals surface area (Å²) in [7, 11) is 0. The minimum Gasteiger partial charge on any atom is -0.440 e. The van der Waals surface area contributed by atoms with Gasteiger partial charge in [-0.2, -0.15) is 0 Å². The normalized spacial score (nSPS) is 11.1. The van der Waals surface area contributed by atoms with E-state index in [0.717, 1.165) is 5.71 Å². The molecule has 2 aliphatic rings. The quantitative estimate of drug-likeness (QED) is 0.536. The Labute approximate surface area is 79.6 Å². The molecule has 0 bridgehead atoms. The highest BCUT2D eigenvalue weighted by Crippen LogP contribution is 2.19. The van der Waals surface area contributed by atoms with Gasteiger partial charge in [0.1, 0.15) is 5.76 Å². The number of hydrogen-bond donors (Lipinski definition) is 0. The molecule has 1 aliphatic carbocycles. The van der Waals surface area contributed by atoms with Gasteiger partial charge >= 0.3 is 0 Å². The number of rotatable bonds is 0. The van der Waals surface area contributed by atoms with Gasteiger partial charge in [-0.1, -0.05) is 6.07 Å². The van der Waals surface area contributed by atoms with Crippen molar-refractivity contribution in [1.82, 2.24) is 4.40 Å². The fraction of sp³-hybridized carbons (Fsp3) is 0. The topological polar surface area (TPSA) is 34.6 Å². The Morgan fingerprint density at radius 3 is 3.00 bits per heavy atom. The van der Waals surface area contributed by atoms with E-state index in [2.05, 4.69) is 0 Å². The second kappa shape index (κ2) is 2.48. The smallest absolute Gasteiger partial charge is 0.204 e. The first-order chi connectivity index (χ1) is 6.84. The zero-order chi connectivity index (χ0) is 9.54. The minimum atomic E-state index is -0.0122. The largest absolute Gasteiger partial charge is 0.440 e. The summed E-state index contributed by atoms with van der Waals surface area (Å²) in [6.07, 6.45) is 3.64. The standard InChI is InChI=1S/C11H7NO2/c13-9-3-1-4-10-8(9)7-12-6-2-5-11(12)14-10/h1-7H. The van der Waals surface area contributed by atoms with Crippen molar-refractivity contribution in [2.24, 2.45) is 0 Å². The molecule has 68 valence electrons. The van der Waals surface area contributed by atoms with E-state index < -0.39 is 0 Å². The van der Waals surface area contributed by atoms with Crippen molar-refractivity contribution in [3.8, 4) is 11.3 Å². The van der Waals surface area contributed by atoms with Crippen LogP contribution >= 0.6 is 0 Å². The summed E-state index contributed by atoms with van der Waals surface area (Å²) in [5.41, 5.74) is 1.33. The van der Waals surface area contributed by atoms with E-state index in [1.807, 2.05) is 18.3 Å². The van der Waals surface area contributed by atoms with Crippen LogP contribution in [-0.2, 0) is 0 Å². The third kappa shape index (κ3) is 0.893. The van der Waals surface area contributed by atoms with Crippen LogP contribution in [0.25, 0.3) is 17.0 Å². The molecular formula is C11H7NO2. The fourth-order valence-corrected chi connectivity index (χ4v) is 1.56. The number of nitrogens with zero attached hydrogens (tertiary/aromatic N) is 1. The number of hydrogen-bond acceptors (Lipinski definition) is 2. The van der Waals surface area contributed by atoms with Gasteiger partial charge < -0.3 is 4.42 Å². The van der Waals surface area contributed by atoms with Crippen molar-refractivity contribution in [2.45, 2.75) is 0 Å². The SMILES string of the molecule is O=c1cccc2oc3cccn3cc1-2. The van der Waals surface area contributed by atoms with Crippen molar-refractivity contribution < 1.29 is 4.42 Å². The average Bonchev–Trinajstić information content (AvgIpc) is 2.62. The van der Waals surface area contributed by atoms with Crippen molar-refractivity contribution in [2.75, 3.05) is 0 Å². The van der Waals surface area contributed by atoms with Crippen molar-refractivity contribution in [3.05, 3.63) is 52.9 Å². The summed E-state index contributed by atoms with van der Waals surface area (Å²) < 4.78 is 7.33. The van der Waals surface area contributed by atoms with Gasteiger partial charge in [-0.25, -0.2) is 0 Å². The Bertz CT molecular complexity index is 621. The van der Waals surface area contributed by atoms with E-state index in [1.54, 1.807) is 22.7 Å². The highest BCUT2D eigenvalue weighted by molar-refractivity contribution is 5.59. The highest BCUT2D eigenvalue weighted by atomic mass is 16.3. The van der Waals surface area contributed by atoms with Crippen LogP contribution in [0.3, 0.4) is 0 Å². The Kier molecular flexibility index (Phi) is 1.31. The molecule has 0 N–H and O–H groups in total. The summed E-state index contributed by atoms with van der Waals surface area (Å²) >= 11 is 0. The van der Waals surface area contributed by atoms with E-state index in [1.165, 1.54) is 6.07 Å². The molecule has 0 saturated carbocycles. The first-order valence-corrected chi connectivity index (χ1v) is 4.34. The molecule has 14 heavy (non-hydrogen) atoms. The second-order valence-corrected chi connectivity index (χ2v) is 3.15. The second-order valence-electron chi connectivity index (χ2n) is 3.15. The first kappa shape index (κ1) is 7.38. The van der Waals surface area contributed by atoms with Crippen LogP contribution in [0.5, 0.6) is 0 Å². The van der Waals surface area contributed by atoms with Gasteiger partial charge in [0, 0.05) is 18.5 Å². The van der Waals surface area contributed by atoms with Crippen LogP contribution in [0.1, 0.15) is 0 Å². The van der Waals surface area contributed by atoms with E-state index in [0.29, 0.717) is 11.3 Å². The Morgan fingerprint density at radius 1 is 1.14 bits per heavy atom. The summed E-state index contributed by atoms with van der Waals surface area (Å²) in [4.78, 5) is 11.5.